The molecule has 0 radical (unpaired) electrons. The van der Waals surface area contributed by atoms with Crippen LogP contribution in [0.15, 0.2) is 41.8 Å². The van der Waals surface area contributed by atoms with Crippen molar-refractivity contribution in [3.8, 4) is 0 Å². The molecule has 1 aromatic heterocycles. The van der Waals surface area contributed by atoms with E-state index in [2.05, 4.69) is 5.32 Å². The smallest absolute Gasteiger partial charge is 0.349 e. The maximum absolute atomic E-state index is 12.9. The second-order valence-electron chi connectivity index (χ2n) is 6.90. The van der Waals surface area contributed by atoms with Crippen molar-refractivity contribution in [2.24, 2.45) is 5.92 Å². The standard InChI is InChI=1S/C20H21F3N2O2S/c1-13(15-4-2-5-16(12-15)20(21,22)23)24-18(26)14-7-9-25(10-8-14)19(27)17-6-3-11-28-17/h2-6,11-14H,7-10H2,1H3,(H,24,26). The molecule has 2 amide bonds. The van der Waals surface area contributed by atoms with Gasteiger partial charge in [-0.25, -0.2) is 0 Å². The topological polar surface area (TPSA) is 49.4 Å². The van der Waals surface area contributed by atoms with Crippen LogP contribution in [-0.2, 0) is 11.0 Å². The van der Waals surface area contributed by atoms with E-state index in [-0.39, 0.29) is 17.7 Å². The molecule has 0 spiro atoms. The summed E-state index contributed by atoms with van der Waals surface area (Å²) < 4.78 is 38.6. The number of piperidine rings is 1. The quantitative estimate of drug-likeness (QED) is 0.807. The molecule has 1 saturated heterocycles. The molecule has 0 saturated carbocycles. The highest BCUT2D eigenvalue weighted by molar-refractivity contribution is 7.12. The van der Waals surface area contributed by atoms with E-state index >= 15 is 0 Å². The predicted molar refractivity (Wildman–Crippen MR) is 101 cm³/mol. The van der Waals surface area contributed by atoms with E-state index in [1.54, 1.807) is 24.0 Å². The van der Waals surface area contributed by atoms with Crippen LogP contribution in [0.25, 0.3) is 0 Å². The van der Waals surface area contributed by atoms with Gasteiger partial charge in [-0.15, -0.1) is 11.3 Å². The third kappa shape index (κ3) is 4.73. The van der Waals surface area contributed by atoms with Gasteiger partial charge in [-0.3, -0.25) is 9.59 Å². The van der Waals surface area contributed by atoms with Gasteiger partial charge in [0.15, 0.2) is 0 Å². The van der Waals surface area contributed by atoms with Gasteiger partial charge in [0.1, 0.15) is 0 Å². The van der Waals surface area contributed by atoms with Crippen molar-refractivity contribution in [3.63, 3.8) is 0 Å². The molecule has 1 N–H and O–H groups in total. The predicted octanol–water partition coefficient (Wildman–Crippen LogP) is 4.50. The number of nitrogens with one attached hydrogen (secondary N) is 1. The van der Waals surface area contributed by atoms with Crippen molar-refractivity contribution in [2.45, 2.75) is 32.0 Å². The number of benzene rings is 1. The first kappa shape index (κ1) is 20.4. The number of likely N-dealkylation sites (tertiary alicyclic amines) is 1. The zero-order chi connectivity index (χ0) is 20.3. The summed E-state index contributed by atoms with van der Waals surface area (Å²) in [5.41, 5.74) is -0.319. The summed E-state index contributed by atoms with van der Waals surface area (Å²) in [5, 5.41) is 4.66. The molecule has 3 rings (SSSR count). The maximum Gasteiger partial charge on any atom is 0.416 e. The first-order chi connectivity index (χ1) is 13.3. The summed E-state index contributed by atoms with van der Waals surface area (Å²) in [5.74, 6) is -0.458. The van der Waals surface area contributed by atoms with Crippen LogP contribution in [-0.4, -0.2) is 29.8 Å². The summed E-state index contributed by atoms with van der Waals surface area (Å²) in [6, 6.07) is 8.07. The Kier molecular flexibility index (Phi) is 6.07. The van der Waals surface area contributed by atoms with Gasteiger partial charge in [-0.1, -0.05) is 18.2 Å². The van der Waals surface area contributed by atoms with Crippen LogP contribution in [0.3, 0.4) is 0 Å². The van der Waals surface area contributed by atoms with Crippen LogP contribution in [0, 0.1) is 5.92 Å². The molecule has 1 unspecified atom stereocenters. The SMILES string of the molecule is CC(NC(=O)C1CCN(C(=O)c2cccs2)CC1)c1cccc(C(F)(F)F)c1. The lowest BCUT2D eigenvalue weighted by atomic mass is 9.95. The minimum atomic E-state index is -4.42. The van der Waals surface area contributed by atoms with Crippen molar-refractivity contribution >= 4 is 23.2 Å². The number of thiophene rings is 1. The first-order valence-corrected chi connectivity index (χ1v) is 9.94. The molecule has 150 valence electrons. The molecule has 0 aliphatic carbocycles. The lowest BCUT2D eigenvalue weighted by Gasteiger charge is -2.31. The number of carbonyl (C=O) groups is 2. The van der Waals surface area contributed by atoms with Gasteiger partial charge in [-0.2, -0.15) is 13.2 Å². The normalized spacial score (nSPS) is 16.6. The molecular formula is C20H21F3N2O2S. The Balaban J connectivity index is 1.55. The zero-order valence-electron chi connectivity index (χ0n) is 15.3. The molecule has 8 heteroatoms. The molecule has 28 heavy (non-hydrogen) atoms. The van der Waals surface area contributed by atoms with Crippen molar-refractivity contribution in [3.05, 3.63) is 57.8 Å². The van der Waals surface area contributed by atoms with Crippen molar-refractivity contribution in [1.82, 2.24) is 10.2 Å². The Morgan fingerprint density at radius 1 is 1.18 bits per heavy atom. The summed E-state index contributed by atoms with van der Waals surface area (Å²) in [4.78, 5) is 27.3. The number of rotatable bonds is 4. The number of halogens is 3. The van der Waals surface area contributed by atoms with Gasteiger partial charge in [0, 0.05) is 19.0 Å². The van der Waals surface area contributed by atoms with Gasteiger partial charge in [-0.05, 0) is 48.9 Å². The highest BCUT2D eigenvalue weighted by Gasteiger charge is 2.32. The number of alkyl halides is 3. The van der Waals surface area contributed by atoms with E-state index in [0.717, 1.165) is 12.1 Å². The van der Waals surface area contributed by atoms with E-state index in [1.165, 1.54) is 17.4 Å². The molecule has 4 nitrogen and oxygen atoms in total. The van der Waals surface area contributed by atoms with E-state index in [0.29, 0.717) is 36.4 Å². The van der Waals surface area contributed by atoms with Crippen LogP contribution >= 0.6 is 11.3 Å². The lowest BCUT2D eigenvalue weighted by Crippen LogP contribution is -2.43. The summed E-state index contributed by atoms with van der Waals surface area (Å²) in [7, 11) is 0. The Bertz CT molecular complexity index is 828. The fourth-order valence-corrected chi connectivity index (χ4v) is 3.99. The average molecular weight is 410 g/mol. The molecule has 1 fully saturated rings. The fraction of sp³-hybridized carbons (Fsp3) is 0.400. The summed E-state index contributed by atoms with van der Waals surface area (Å²) in [6.45, 7) is 2.66. The zero-order valence-corrected chi connectivity index (χ0v) is 16.1. The summed E-state index contributed by atoms with van der Waals surface area (Å²) in [6.07, 6.45) is -3.34. The number of hydrogen-bond acceptors (Lipinski definition) is 3. The van der Waals surface area contributed by atoms with Crippen LogP contribution in [0.2, 0.25) is 0 Å². The van der Waals surface area contributed by atoms with Crippen LogP contribution in [0.1, 0.15) is 46.6 Å². The molecular weight excluding hydrogens is 389 g/mol. The Hall–Kier alpha value is -2.35. The van der Waals surface area contributed by atoms with Gasteiger partial charge >= 0.3 is 6.18 Å². The van der Waals surface area contributed by atoms with Crippen molar-refractivity contribution in [2.75, 3.05) is 13.1 Å². The molecule has 0 bridgehead atoms. The first-order valence-electron chi connectivity index (χ1n) is 9.06. The van der Waals surface area contributed by atoms with E-state index in [4.69, 9.17) is 0 Å². The number of carbonyl (C=O) groups excluding carboxylic acids is 2. The number of nitrogens with zero attached hydrogens (tertiary/aromatic N) is 1. The van der Waals surface area contributed by atoms with Gasteiger partial charge < -0.3 is 10.2 Å². The van der Waals surface area contributed by atoms with E-state index in [9.17, 15) is 22.8 Å². The van der Waals surface area contributed by atoms with Gasteiger partial charge in [0.2, 0.25) is 5.91 Å². The maximum atomic E-state index is 12.9. The Morgan fingerprint density at radius 2 is 1.89 bits per heavy atom. The molecule has 1 aliphatic rings. The van der Waals surface area contributed by atoms with Crippen LogP contribution in [0.4, 0.5) is 13.2 Å². The van der Waals surface area contributed by atoms with Crippen molar-refractivity contribution < 1.29 is 22.8 Å². The number of hydrogen-bond donors (Lipinski definition) is 1. The highest BCUT2D eigenvalue weighted by Crippen LogP contribution is 2.31. The second kappa shape index (κ2) is 8.34. The minimum absolute atomic E-state index is 0.0220. The Morgan fingerprint density at radius 3 is 2.50 bits per heavy atom. The van der Waals surface area contributed by atoms with Crippen molar-refractivity contribution in [1.29, 1.82) is 0 Å². The number of amides is 2. The largest absolute Gasteiger partial charge is 0.416 e. The minimum Gasteiger partial charge on any atom is -0.349 e. The molecule has 1 aromatic carbocycles. The monoisotopic (exact) mass is 410 g/mol. The fourth-order valence-electron chi connectivity index (χ4n) is 3.30. The van der Waals surface area contributed by atoms with Gasteiger partial charge in [0.05, 0.1) is 16.5 Å². The third-order valence-electron chi connectivity index (χ3n) is 4.96. The third-order valence-corrected chi connectivity index (χ3v) is 5.82. The molecule has 2 heterocycles. The van der Waals surface area contributed by atoms with E-state index < -0.39 is 17.8 Å². The molecule has 1 aliphatic heterocycles. The second-order valence-corrected chi connectivity index (χ2v) is 7.84. The molecule has 2 aromatic rings. The highest BCUT2D eigenvalue weighted by atomic mass is 32.1. The van der Waals surface area contributed by atoms with E-state index in [1.807, 2.05) is 11.4 Å². The summed E-state index contributed by atoms with van der Waals surface area (Å²) >= 11 is 1.39. The van der Waals surface area contributed by atoms with Crippen LogP contribution < -0.4 is 5.32 Å². The average Bonchev–Trinajstić information content (AvgIpc) is 3.21. The van der Waals surface area contributed by atoms with Crippen LogP contribution in [0.5, 0.6) is 0 Å². The Labute approximate surface area is 165 Å². The van der Waals surface area contributed by atoms with Gasteiger partial charge in [0.25, 0.3) is 5.91 Å². The molecule has 1 atom stereocenters. The lowest BCUT2D eigenvalue weighted by molar-refractivity contribution is -0.137.